The van der Waals surface area contributed by atoms with Crippen molar-refractivity contribution in [1.29, 1.82) is 0 Å². The van der Waals surface area contributed by atoms with E-state index in [9.17, 15) is 18.0 Å². The lowest BCUT2D eigenvalue weighted by Crippen LogP contribution is -2.46. The van der Waals surface area contributed by atoms with E-state index in [1.807, 2.05) is 0 Å². The molecule has 0 aliphatic heterocycles. The second-order valence-electron chi connectivity index (χ2n) is 2.70. The van der Waals surface area contributed by atoms with Crippen molar-refractivity contribution in [1.82, 2.24) is 5.32 Å². The van der Waals surface area contributed by atoms with Gasteiger partial charge in [0.2, 0.25) is 0 Å². The van der Waals surface area contributed by atoms with Crippen LogP contribution in [0.15, 0.2) is 0 Å². The summed E-state index contributed by atoms with van der Waals surface area (Å²) in [5, 5.41) is 1.78. The van der Waals surface area contributed by atoms with Crippen LogP contribution in [0.2, 0.25) is 0 Å². The Morgan fingerprint density at radius 3 is 2.15 bits per heavy atom. The lowest BCUT2D eigenvalue weighted by Gasteiger charge is -2.20. The highest BCUT2D eigenvalue weighted by atomic mass is 19.4. The number of alkyl halides is 3. The lowest BCUT2D eigenvalue weighted by molar-refractivity contribution is -0.175. The Morgan fingerprint density at radius 2 is 1.85 bits per heavy atom. The van der Waals surface area contributed by atoms with Crippen molar-refractivity contribution in [3.8, 4) is 0 Å². The molecule has 0 aromatic rings. The number of ether oxygens (including phenoxy) is 1. The molecule has 0 aromatic carbocycles. The van der Waals surface area contributed by atoms with Crippen LogP contribution < -0.4 is 5.32 Å². The highest BCUT2D eigenvalue weighted by Gasteiger charge is 2.39. The summed E-state index contributed by atoms with van der Waals surface area (Å²) >= 11 is 0. The fourth-order valence-electron chi connectivity index (χ4n) is 0.610. The molecule has 6 heteroatoms. The van der Waals surface area contributed by atoms with Crippen molar-refractivity contribution < 1.29 is 22.7 Å². The smallest absolute Gasteiger partial charge is 0.380 e. The third-order valence-corrected chi connectivity index (χ3v) is 1.69. The van der Waals surface area contributed by atoms with Gasteiger partial charge in [0.1, 0.15) is 0 Å². The van der Waals surface area contributed by atoms with Crippen LogP contribution in [0, 0.1) is 0 Å². The minimum Gasteiger partial charge on any atom is -0.380 e. The predicted octanol–water partition coefficient (Wildman–Crippen LogP) is 1.09. The number of rotatable bonds is 3. The summed E-state index contributed by atoms with van der Waals surface area (Å²) in [4.78, 5) is 10.4. The van der Waals surface area contributed by atoms with E-state index in [0.29, 0.717) is 0 Å². The maximum Gasteiger partial charge on any atom is 0.471 e. The maximum atomic E-state index is 11.7. The van der Waals surface area contributed by atoms with Gasteiger partial charge in [-0.25, -0.2) is 0 Å². The first kappa shape index (κ1) is 12.2. The van der Waals surface area contributed by atoms with Crippen molar-refractivity contribution in [3.63, 3.8) is 0 Å². The van der Waals surface area contributed by atoms with Gasteiger partial charge in [-0.3, -0.25) is 4.79 Å². The highest BCUT2D eigenvalue weighted by Crippen LogP contribution is 2.14. The summed E-state index contributed by atoms with van der Waals surface area (Å²) in [6.45, 7) is 3.01. The number of carbonyl (C=O) groups is 1. The van der Waals surface area contributed by atoms with Crippen LogP contribution in [-0.4, -0.2) is 31.3 Å². The molecular formula is C7H12F3NO2. The normalized spacial score (nSPS) is 16.5. The van der Waals surface area contributed by atoms with Gasteiger partial charge in [0.05, 0.1) is 12.1 Å². The summed E-state index contributed by atoms with van der Waals surface area (Å²) in [6, 6.07) is -0.667. The molecule has 0 aliphatic rings. The average molecular weight is 199 g/mol. The quantitative estimate of drug-likeness (QED) is 0.738. The lowest BCUT2D eigenvalue weighted by atomic mass is 10.2. The Balaban J connectivity index is 4.07. The van der Waals surface area contributed by atoms with E-state index in [1.165, 1.54) is 14.0 Å². The first-order valence-electron chi connectivity index (χ1n) is 3.69. The second-order valence-corrected chi connectivity index (χ2v) is 2.70. The highest BCUT2D eigenvalue weighted by molar-refractivity contribution is 5.81. The summed E-state index contributed by atoms with van der Waals surface area (Å²) in [6.07, 6.45) is -5.28. The third kappa shape index (κ3) is 4.12. The van der Waals surface area contributed by atoms with E-state index in [2.05, 4.69) is 0 Å². The fourth-order valence-corrected chi connectivity index (χ4v) is 0.610. The largest absolute Gasteiger partial charge is 0.471 e. The van der Waals surface area contributed by atoms with E-state index in [1.54, 1.807) is 12.2 Å². The minimum absolute atomic E-state index is 0.452. The number of amides is 1. The molecule has 0 fully saturated rings. The number of nitrogens with one attached hydrogen (secondary N) is 1. The molecule has 2 atom stereocenters. The molecule has 0 heterocycles. The van der Waals surface area contributed by atoms with Crippen molar-refractivity contribution in [2.45, 2.75) is 32.2 Å². The van der Waals surface area contributed by atoms with Gasteiger partial charge in [0.25, 0.3) is 0 Å². The number of methoxy groups -OCH3 is 1. The molecule has 0 spiro atoms. The SMILES string of the molecule is COC(C)[C@@H](C)NC(=O)C(F)(F)F. The maximum absolute atomic E-state index is 11.7. The van der Waals surface area contributed by atoms with Crippen molar-refractivity contribution in [3.05, 3.63) is 0 Å². The van der Waals surface area contributed by atoms with Crippen LogP contribution in [0.3, 0.4) is 0 Å². The first-order valence-corrected chi connectivity index (χ1v) is 3.69. The standard InChI is InChI=1S/C7H12F3NO2/c1-4(5(2)13-3)11-6(12)7(8,9)10/h4-5H,1-3H3,(H,11,12)/t4-,5?/m1/s1. The average Bonchev–Trinajstić information content (AvgIpc) is 2.01. The number of halogens is 3. The summed E-state index contributed by atoms with van der Waals surface area (Å²) in [5.41, 5.74) is 0. The molecule has 0 aromatic heterocycles. The fraction of sp³-hybridized carbons (Fsp3) is 0.857. The summed E-state index contributed by atoms with van der Waals surface area (Å²) in [7, 11) is 1.36. The molecule has 13 heavy (non-hydrogen) atoms. The van der Waals surface area contributed by atoms with Gasteiger partial charge >= 0.3 is 12.1 Å². The summed E-state index contributed by atoms with van der Waals surface area (Å²) in [5.74, 6) is -1.94. The van der Waals surface area contributed by atoms with Gasteiger partial charge in [-0.15, -0.1) is 0 Å². The zero-order valence-electron chi connectivity index (χ0n) is 7.61. The van der Waals surface area contributed by atoms with E-state index < -0.39 is 24.2 Å². The molecule has 1 N–H and O–H groups in total. The van der Waals surface area contributed by atoms with Gasteiger partial charge in [-0.1, -0.05) is 0 Å². The zero-order valence-corrected chi connectivity index (χ0v) is 7.61. The van der Waals surface area contributed by atoms with Gasteiger partial charge in [-0.2, -0.15) is 13.2 Å². The number of hydrogen-bond donors (Lipinski definition) is 1. The van der Waals surface area contributed by atoms with Gasteiger partial charge in [0.15, 0.2) is 0 Å². The predicted molar refractivity (Wildman–Crippen MR) is 40.1 cm³/mol. The van der Waals surface area contributed by atoms with Gasteiger partial charge in [0, 0.05) is 7.11 Å². The number of hydrogen-bond acceptors (Lipinski definition) is 2. The molecule has 78 valence electrons. The Kier molecular flexibility index (Phi) is 4.19. The van der Waals surface area contributed by atoms with Crippen LogP contribution >= 0.6 is 0 Å². The molecule has 1 unspecified atom stereocenters. The van der Waals surface area contributed by atoms with E-state index >= 15 is 0 Å². The summed E-state index contributed by atoms with van der Waals surface area (Å²) < 4.78 is 39.9. The molecule has 0 saturated heterocycles. The molecule has 1 amide bonds. The topological polar surface area (TPSA) is 38.3 Å². The first-order chi connectivity index (χ1) is 5.79. The number of carbonyl (C=O) groups excluding carboxylic acids is 1. The minimum atomic E-state index is -4.83. The van der Waals surface area contributed by atoms with Crippen molar-refractivity contribution in [2.75, 3.05) is 7.11 Å². The molecule has 0 aliphatic carbocycles. The second kappa shape index (κ2) is 4.45. The molecular weight excluding hydrogens is 187 g/mol. The molecule has 0 radical (unpaired) electrons. The molecule has 0 bridgehead atoms. The van der Waals surface area contributed by atoms with Crippen molar-refractivity contribution in [2.24, 2.45) is 0 Å². The molecule has 3 nitrogen and oxygen atoms in total. The molecule has 0 saturated carbocycles. The van der Waals surface area contributed by atoms with Crippen LogP contribution in [0.5, 0.6) is 0 Å². The molecule has 0 rings (SSSR count). The van der Waals surface area contributed by atoms with Crippen LogP contribution in [-0.2, 0) is 9.53 Å². The monoisotopic (exact) mass is 199 g/mol. The van der Waals surface area contributed by atoms with Crippen LogP contribution in [0.25, 0.3) is 0 Å². The Hall–Kier alpha value is -0.780. The van der Waals surface area contributed by atoms with Crippen LogP contribution in [0.1, 0.15) is 13.8 Å². The van der Waals surface area contributed by atoms with Gasteiger partial charge in [-0.05, 0) is 13.8 Å². The third-order valence-electron chi connectivity index (χ3n) is 1.69. The van der Waals surface area contributed by atoms with Crippen LogP contribution in [0.4, 0.5) is 13.2 Å². The van der Waals surface area contributed by atoms with Crippen molar-refractivity contribution >= 4 is 5.91 Å². The van der Waals surface area contributed by atoms with E-state index in [4.69, 9.17) is 4.74 Å². The Morgan fingerprint density at radius 1 is 1.38 bits per heavy atom. The van der Waals surface area contributed by atoms with Gasteiger partial charge < -0.3 is 10.1 Å². The van der Waals surface area contributed by atoms with E-state index in [0.717, 1.165) is 0 Å². The Bertz CT molecular complexity index is 181. The zero-order chi connectivity index (χ0) is 10.6. The Labute approximate surface area is 74.3 Å². The van der Waals surface area contributed by atoms with E-state index in [-0.39, 0.29) is 0 Å².